The molecule has 1 amide bonds. The van der Waals surface area contributed by atoms with E-state index in [1.165, 1.54) is 19.5 Å². The SMILES string of the molecule is CC1CC(C)CN(CCCCNC(=O)CCCn2nnc(-c3ccccc3)n2)C1. The first-order chi connectivity index (χ1) is 14.1. The van der Waals surface area contributed by atoms with Gasteiger partial charge in [0, 0.05) is 31.6 Å². The second-order valence-electron chi connectivity index (χ2n) is 8.44. The van der Waals surface area contributed by atoms with Crippen LogP contribution in [0.4, 0.5) is 0 Å². The van der Waals surface area contributed by atoms with E-state index in [9.17, 15) is 4.79 Å². The number of piperidine rings is 1. The van der Waals surface area contributed by atoms with Crippen molar-refractivity contribution in [3.05, 3.63) is 30.3 Å². The molecule has 7 heteroatoms. The number of aryl methyl sites for hydroxylation is 1. The van der Waals surface area contributed by atoms with Crippen molar-refractivity contribution in [2.45, 2.75) is 52.5 Å². The van der Waals surface area contributed by atoms with Crippen LogP contribution in [0.3, 0.4) is 0 Å². The van der Waals surface area contributed by atoms with E-state index in [0.717, 1.165) is 43.3 Å². The van der Waals surface area contributed by atoms with Crippen LogP contribution in [0, 0.1) is 11.8 Å². The molecule has 0 radical (unpaired) electrons. The molecule has 29 heavy (non-hydrogen) atoms. The number of aromatic nitrogens is 4. The van der Waals surface area contributed by atoms with Gasteiger partial charge in [0.25, 0.3) is 0 Å². The fourth-order valence-electron chi connectivity index (χ4n) is 4.17. The number of hydrogen-bond acceptors (Lipinski definition) is 5. The van der Waals surface area contributed by atoms with Gasteiger partial charge >= 0.3 is 0 Å². The lowest BCUT2D eigenvalue weighted by molar-refractivity contribution is -0.121. The lowest BCUT2D eigenvalue weighted by Crippen LogP contribution is -2.39. The van der Waals surface area contributed by atoms with Crippen molar-refractivity contribution in [1.29, 1.82) is 0 Å². The average Bonchev–Trinajstić information content (AvgIpc) is 3.17. The third-order valence-electron chi connectivity index (χ3n) is 5.41. The summed E-state index contributed by atoms with van der Waals surface area (Å²) in [7, 11) is 0. The van der Waals surface area contributed by atoms with Crippen molar-refractivity contribution in [1.82, 2.24) is 30.4 Å². The molecule has 1 aromatic carbocycles. The second kappa shape index (κ2) is 11.0. The highest BCUT2D eigenvalue weighted by atomic mass is 16.1. The summed E-state index contributed by atoms with van der Waals surface area (Å²) < 4.78 is 0. The van der Waals surface area contributed by atoms with Crippen LogP contribution in [0.15, 0.2) is 30.3 Å². The van der Waals surface area contributed by atoms with Gasteiger partial charge in [0.1, 0.15) is 0 Å². The van der Waals surface area contributed by atoms with Crippen LogP contribution < -0.4 is 5.32 Å². The van der Waals surface area contributed by atoms with Crippen molar-refractivity contribution in [3.63, 3.8) is 0 Å². The van der Waals surface area contributed by atoms with Gasteiger partial charge in [-0.15, -0.1) is 10.2 Å². The van der Waals surface area contributed by atoms with Gasteiger partial charge in [0.15, 0.2) is 0 Å². The molecule has 1 aromatic heterocycles. The fraction of sp³-hybridized carbons (Fsp3) is 0.636. The number of amides is 1. The summed E-state index contributed by atoms with van der Waals surface area (Å²) in [6.45, 7) is 9.64. The van der Waals surface area contributed by atoms with Crippen molar-refractivity contribution in [2.75, 3.05) is 26.2 Å². The molecule has 3 rings (SSSR count). The van der Waals surface area contributed by atoms with E-state index >= 15 is 0 Å². The molecule has 0 spiro atoms. The predicted octanol–water partition coefficient (Wildman–Crippen LogP) is 2.99. The lowest BCUT2D eigenvalue weighted by Gasteiger charge is -2.34. The van der Waals surface area contributed by atoms with Crippen molar-refractivity contribution >= 4 is 5.91 Å². The third kappa shape index (κ3) is 7.24. The minimum atomic E-state index is 0.105. The van der Waals surface area contributed by atoms with Gasteiger partial charge in [0.05, 0.1) is 6.54 Å². The summed E-state index contributed by atoms with van der Waals surface area (Å²) in [4.78, 5) is 16.2. The zero-order valence-corrected chi connectivity index (χ0v) is 17.8. The zero-order valence-electron chi connectivity index (χ0n) is 17.8. The minimum Gasteiger partial charge on any atom is -0.356 e. The topological polar surface area (TPSA) is 75.9 Å². The van der Waals surface area contributed by atoms with Gasteiger partial charge in [-0.1, -0.05) is 44.2 Å². The van der Waals surface area contributed by atoms with Crippen LogP contribution in [0.25, 0.3) is 11.4 Å². The molecule has 2 heterocycles. The smallest absolute Gasteiger partial charge is 0.220 e. The maximum absolute atomic E-state index is 12.0. The maximum atomic E-state index is 12.0. The van der Waals surface area contributed by atoms with Gasteiger partial charge in [0.2, 0.25) is 11.7 Å². The Morgan fingerprint density at radius 1 is 1.07 bits per heavy atom. The van der Waals surface area contributed by atoms with Crippen LogP contribution in [-0.4, -0.2) is 57.2 Å². The molecular formula is C22H34N6O. The molecule has 1 fully saturated rings. The van der Waals surface area contributed by atoms with E-state index in [4.69, 9.17) is 0 Å². The zero-order chi connectivity index (χ0) is 20.5. The first-order valence-electron chi connectivity index (χ1n) is 10.9. The average molecular weight is 399 g/mol. The van der Waals surface area contributed by atoms with Crippen LogP contribution in [0.5, 0.6) is 0 Å². The van der Waals surface area contributed by atoms with Crippen molar-refractivity contribution < 1.29 is 4.79 Å². The van der Waals surface area contributed by atoms with E-state index < -0.39 is 0 Å². The van der Waals surface area contributed by atoms with Crippen molar-refractivity contribution in [2.24, 2.45) is 11.8 Å². The summed E-state index contributed by atoms with van der Waals surface area (Å²) in [5.41, 5.74) is 0.949. The number of hydrogen-bond donors (Lipinski definition) is 1. The molecule has 1 aliphatic rings. The van der Waals surface area contributed by atoms with E-state index in [1.54, 1.807) is 4.80 Å². The maximum Gasteiger partial charge on any atom is 0.220 e. The number of benzene rings is 1. The number of nitrogens with zero attached hydrogens (tertiary/aromatic N) is 5. The molecule has 0 saturated carbocycles. The van der Waals surface area contributed by atoms with E-state index in [-0.39, 0.29) is 5.91 Å². The van der Waals surface area contributed by atoms with Crippen molar-refractivity contribution in [3.8, 4) is 11.4 Å². The number of unbranched alkanes of at least 4 members (excludes halogenated alkanes) is 1. The molecule has 1 saturated heterocycles. The molecule has 2 unspecified atom stereocenters. The Balaban J connectivity index is 1.25. The highest BCUT2D eigenvalue weighted by molar-refractivity contribution is 5.75. The Hall–Kier alpha value is -2.28. The summed E-state index contributed by atoms with van der Waals surface area (Å²) in [6.07, 6.45) is 4.73. The number of carbonyl (C=O) groups is 1. The van der Waals surface area contributed by atoms with Crippen LogP contribution in [0.1, 0.15) is 46.0 Å². The standard InChI is InChI=1S/C22H34N6O/c1-18-15-19(2)17-27(16-18)13-7-6-12-23-21(29)11-8-14-28-25-22(24-26-28)20-9-4-3-5-10-20/h3-5,9-10,18-19H,6-8,11-17H2,1-2H3,(H,23,29). The summed E-state index contributed by atoms with van der Waals surface area (Å²) in [5, 5.41) is 15.6. The molecule has 2 atom stereocenters. The highest BCUT2D eigenvalue weighted by Gasteiger charge is 2.20. The van der Waals surface area contributed by atoms with Crippen LogP contribution in [0.2, 0.25) is 0 Å². The van der Waals surface area contributed by atoms with Gasteiger partial charge in [-0.3, -0.25) is 4.79 Å². The third-order valence-corrected chi connectivity index (χ3v) is 5.41. The van der Waals surface area contributed by atoms with E-state index in [0.29, 0.717) is 25.2 Å². The molecule has 7 nitrogen and oxygen atoms in total. The van der Waals surface area contributed by atoms with Gasteiger partial charge in [-0.2, -0.15) is 4.80 Å². The molecule has 158 valence electrons. The highest BCUT2D eigenvalue weighted by Crippen LogP contribution is 2.21. The van der Waals surface area contributed by atoms with Crippen LogP contribution >= 0.6 is 0 Å². The molecule has 1 N–H and O–H groups in total. The summed E-state index contributed by atoms with van der Waals surface area (Å²) in [5.74, 6) is 2.34. The molecule has 0 bridgehead atoms. The lowest BCUT2D eigenvalue weighted by atomic mass is 9.92. The second-order valence-corrected chi connectivity index (χ2v) is 8.44. The molecule has 0 aliphatic carbocycles. The minimum absolute atomic E-state index is 0.105. The Morgan fingerprint density at radius 2 is 1.83 bits per heavy atom. The fourth-order valence-corrected chi connectivity index (χ4v) is 4.17. The Bertz CT molecular complexity index is 737. The Morgan fingerprint density at radius 3 is 2.59 bits per heavy atom. The Labute approximate surface area is 173 Å². The number of rotatable bonds is 10. The number of nitrogens with one attached hydrogen (secondary N) is 1. The molecule has 1 aliphatic heterocycles. The van der Waals surface area contributed by atoms with Gasteiger partial charge in [-0.05, 0) is 49.3 Å². The van der Waals surface area contributed by atoms with Gasteiger partial charge in [-0.25, -0.2) is 0 Å². The van der Waals surface area contributed by atoms with Gasteiger partial charge < -0.3 is 10.2 Å². The predicted molar refractivity (Wildman–Crippen MR) is 114 cm³/mol. The first-order valence-corrected chi connectivity index (χ1v) is 10.9. The van der Waals surface area contributed by atoms with E-state index in [1.807, 2.05) is 30.3 Å². The summed E-state index contributed by atoms with van der Waals surface area (Å²) in [6, 6.07) is 9.78. The number of likely N-dealkylation sites (tertiary alicyclic amines) is 1. The Kier molecular flexibility index (Phi) is 8.16. The van der Waals surface area contributed by atoms with Crippen LogP contribution in [-0.2, 0) is 11.3 Å². The number of tetrazole rings is 1. The quantitative estimate of drug-likeness (QED) is 0.623. The normalized spacial score (nSPS) is 19.9. The first kappa shape index (κ1) is 21.4. The largest absolute Gasteiger partial charge is 0.356 e. The summed E-state index contributed by atoms with van der Waals surface area (Å²) >= 11 is 0. The molecular weight excluding hydrogens is 364 g/mol. The molecule has 2 aromatic rings. The monoisotopic (exact) mass is 398 g/mol. The number of carbonyl (C=O) groups excluding carboxylic acids is 1. The van der Waals surface area contributed by atoms with E-state index in [2.05, 4.69) is 39.5 Å².